The molecule has 3 heteroatoms. The van der Waals surface area contributed by atoms with Crippen molar-refractivity contribution in [2.45, 2.75) is 12.3 Å². The monoisotopic (exact) mass is 695 g/mol. The average molecular weight is 696 g/mol. The number of anilines is 3. The Morgan fingerprint density at radius 1 is 0.472 bits per heavy atom. The predicted molar refractivity (Wildman–Crippen MR) is 224 cm³/mol. The molecule has 2 nitrogen and oxygen atoms in total. The molecular formula is C50H33NOS. The number of hydrogen-bond acceptors (Lipinski definition) is 3. The molecule has 0 N–H and O–H groups in total. The van der Waals surface area contributed by atoms with E-state index in [0.717, 1.165) is 39.0 Å². The maximum absolute atomic E-state index is 6.63. The fourth-order valence-corrected chi connectivity index (χ4v) is 9.87. The van der Waals surface area contributed by atoms with Crippen LogP contribution in [-0.4, -0.2) is 0 Å². The second-order valence-corrected chi connectivity index (χ2v) is 15.3. The zero-order valence-corrected chi connectivity index (χ0v) is 29.9. The van der Waals surface area contributed by atoms with Crippen LogP contribution in [0.15, 0.2) is 186 Å². The summed E-state index contributed by atoms with van der Waals surface area (Å²) in [6, 6.07) is 66.1. The van der Waals surface area contributed by atoms with Gasteiger partial charge in [0.1, 0.15) is 5.58 Å². The first-order valence-electron chi connectivity index (χ1n) is 18.2. The molecule has 0 radical (unpaired) electrons. The van der Waals surface area contributed by atoms with Gasteiger partial charge < -0.3 is 9.32 Å². The van der Waals surface area contributed by atoms with Crippen molar-refractivity contribution in [2.75, 3.05) is 4.90 Å². The third-order valence-corrected chi connectivity index (χ3v) is 12.5. The van der Waals surface area contributed by atoms with Crippen molar-refractivity contribution >= 4 is 70.5 Å². The normalized spacial score (nSPS) is 13.2. The van der Waals surface area contributed by atoms with E-state index in [4.69, 9.17) is 4.42 Å². The van der Waals surface area contributed by atoms with Crippen LogP contribution in [0.25, 0.3) is 64.4 Å². The molecule has 1 aliphatic rings. The minimum absolute atomic E-state index is 0.226. The van der Waals surface area contributed by atoms with Crippen LogP contribution in [0.5, 0.6) is 0 Å². The molecule has 2 heterocycles. The Balaban J connectivity index is 1.08. The summed E-state index contributed by atoms with van der Waals surface area (Å²) in [5.41, 5.74) is 13.9. The van der Waals surface area contributed by atoms with Gasteiger partial charge in [-0.05, 0) is 94.4 Å². The van der Waals surface area contributed by atoms with Crippen LogP contribution in [0.3, 0.4) is 0 Å². The number of furan rings is 1. The van der Waals surface area contributed by atoms with Crippen molar-refractivity contribution in [1.82, 2.24) is 0 Å². The molecule has 0 saturated carbocycles. The third-order valence-electron chi connectivity index (χ3n) is 11.4. The SMILES string of the molecule is CC1(c2ccc3c(c2)sc2ccc(N(c4ccc(-c5ccccc5)cc4)c4cccc5c4oc4ccccc45)cc23)c2ccccc2-c2ccccc21. The summed E-state index contributed by atoms with van der Waals surface area (Å²) < 4.78 is 9.20. The number of thiophene rings is 1. The van der Waals surface area contributed by atoms with Gasteiger partial charge in [-0.15, -0.1) is 11.3 Å². The van der Waals surface area contributed by atoms with Crippen molar-refractivity contribution in [3.8, 4) is 22.3 Å². The van der Waals surface area contributed by atoms with Gasteiger partial charge in [0, 0.05) is 47.7 Å². The van der Waals surface area contributed by atoms with E-state index in [9.17, 15) is 0 Å². The van der Waals surface area contributed by atoms with Crippen LogP contribution < -0.4 is 4.90 Å². The molecular weight excluding hydrogens is 663 g/mol. The summed E-state index contributed by atoms with van der Waals surface area (Å²) in [4.78, 5) is 2.35. The van der Waals surface area contributed by atoms with E-state index in [0.29, 0.717) is 0 Å². The minimum Gasteiger partial charge on any atom is -0.454 e. The highest BCUT2D eigenvalue weighted by Gasteiger charge is 2.40. The molecule has 0 amide bonds. The van der Waals surface area contributed by atoms with Gasteiger partial charge in [0.05, 0.1) is 5.69 Å². The topological polar surface area (TPSA) is 16.4 Å². The fourth-order valence-electron chi connectivity index (χ4n) is 8.75. The second kappa shape index (κ2) is 11.5. The molecule has 8 aromatic carbocycles. The number of benzene rings is 8. The molecule has 250 valence electrons. The van der Waals surface area contributed by atoms with Crippen LogP contribution in [0.1, 0.15) is 23.6 Å². The highest BCUT2D eigenvalue weighted by Crippen LogP contribution is 2.53. The highest BCUT2D eigenvalue weighted by atomic mass is 32.1. The average Bonchev–Trinajstić information content (AvgIpc) is 3.87. The summed E-state index contributed by atoms with van der Waals surface area (Å²) >= 11 is 1.88. The van der Waals surface area contributed by atoms with E-state index in [1.807, 2.05) is 17.4 Å². The lowest BCUT2D eigenvalue weighted by Gasteiger charge is -2.28. The van der Waals surface area contributed by atoms with Gasteiger partial charge >= 0.3 is 0 Å². The zero-order valence-electron chi connectivity index (χ0n) is 29.1. The Bertz CT molecular complexity index is 2980. The first-order chi connectivity index (χ1) is 26.1. The smallest absolute Gasteiger partial charge is 0.159 e. The zero-order chi connectivity index (χ0) is 35.1. The van der Waals surface area contributed by atoms with E-state index in [-0.39, 0.29) is 5.41 Å². The summed E-state index contributed by atoms with van der Waals surface area (Å²) in [7, 11) is 0. The van der Waals surface area contributed by atoms with E-state index in [1.54, 1.807) is 0 Å². The third kappa shape index (κ3) is 4.51. The van der Waals surface area contributed by atoms with Gasteiger partial charge in [-0.1, -0.05) is 133 Å². The van der Waals surface area contributed by atoms with Crippen molar-refractivity contribution in [3.63, 3.8) is 0 Å². The molecule has 2 aromatic heterocycles. The largest absolute Gasteiger partial charge is 0.454 e. The van der Waals surface area contributed by atoms with Crippen molar-refractivity contribution in [1.29, 1.82) is 0 Å². The Morgan fingerprint density at radius 3 is 1.92 bits per heavy atom. The first kappa shape index (κ1) is 30.2. The molecule has 1 aliphatic carbocycles. The summed E-state index contributed by atoms with van der Waals surface area (Å²) in [5.74, 6) is 0. The number of rotatable bonds is 5. The van der Waals surface area contributed by atoms with Gasteiger partial charge in [-0.25, -0.2) is 0 Å². The Morgan fingerprint density at radius 2 is 1.13 bits per heavy atom. The molecule has 0 fully saturated rings. The van der Waals surface area contributed by atoms with Crippen LogP contribution in [0.4, 0.5) is 17.1 Å². The molecule has 0 unspecified atom stereocenters. The molecule has 0 atom stereocenters. The van der Waals surface area contributed by atoms with Crippen molar-refractivity contribution in [2.24, 2.45) is 0 Å². The molecule has 53 heavy (non-hydrogen) atoms. The summed E-state index contributed by atoms with van der Waals surface area (Å²) in [5, 5.41) is 4.77. The lowest BCUT2D eigenvalue weighted by atomic mass is 9.74. The van der Waals surface area contributed by atoms with Gasteiger partial charge in [0.25, 0.3) is 0 Å². The summed E-state index contributed by atoms with van der Waals surface area (Å²) in [6.07, 6.45) is 0. The molecule has 0 spiro atoms. The van der Waals surface area contributed by atoms with Crippen LogP contribution in [0, 0.1) is 0 Å². The van der Waals surface area contributed by atoms with Crippen LogP contribution in [-0.2, 0) is 5.41 Å². The lowest BCUT2D eigenvalue weighted by molar-refractivity contribution is 0.669. The molecule has 0 aliphatic heterocycles. The standard InChI is InChI=1S/C50H33NOS/c1-50(43-18-8-5-14-37(43)38-15-6-9-19-44(38)50)34-24-28-40-42-31-36(27-29-47(42)53-48(40)30-34)51(35-25-22-33(23-26-35)32-12-3-2-4-13-32)45-20-11-17-41-39-16-7-10-21-46(39)52-49(41)45/h2-31H,1H3. The maximum Gasteiger partial charge on any atom is 0.159 e. The van der Waals surface area contributed by atoms with E-state index < -0.39 is 0 Å². The number of hydrogen-bond donors (Lipinski definition) is 0. The van der Waals surface area contributed by atoms with Crippen LogP contribution >= 0.6 is 11.3 Å². The summed E-state index contributed by atoms with van der Waals surface area (Å²) in [6.45, 7) is 2.39. The number of nitrogens with zero attached hydrogens (tertiary/aromatic N) is 1. The quantitative estimate of drug-likeness (QED) is 0.178. The van der Waals surface area contributed by atoms with Crippen LogP contribution in [0.2, 0.25) is 0 Å². The molecule has 11 rings (SSSR count). The molecule has 0 bridgehead atoms. The van der Waals surface area contributed by atoms with Crippen molar-refractivity contribution < 1.29 is 4.42 Å². The minimum atomic E-state index is -0.226. The Labute approximate surface area is 311 Å². The number of fused-ring (bicyclic) bond motifs is 9. The fraction of sp³-hybridized carbons (Fsp3) is 0.0400. The van der Waals surface area contributed by atoms with E-state index >= 15 is 0 Å². The highest BCUT2D eigenvalue weighted by molar-refractivity contribution is 7.25. The maximum atomic E-state index is 6.63. The van der Waals surface area contributed by atoms with Gasteiger partial charge in [-0.3, -0.25) is 0 Å². The molecule has 0 saturated heterocycles. The van der Waals surface area contributed by atoms with Gasteiger partial charge in [0.15, 0.2) is 5.58 Å². The van der Waals surface area contributed by atoms with Gasteiger partial charge in [0.2, 0.25) is 0 Å². The van der Waals surface area contributed by atoms with Crippen molar-refractivity contribution in [3.05, 3.63) is 199 Å². The predicted octanol–water partition coefficient (Wildman–Crippen LogP) is 14.4. The molecule has 10 aromatic rings. The second-order valence-electron chi connectivity index (χ2n) is 14.2. The lowest BCUT2D eigenvalue weighted by Crippen LogP contribution is -2.22. The van der Waals surface area contributed by atoms with Gasteiger partial charge in [-0.2, -0.15) is 0 Å². The Kier molecular flexibility index (Phi) is 6.58. The van der Waals surface area contributed by atoms with E-state index in [1.165, 1.54) is 59.1 Å². The van der Waals surface area contributed by atoms with E-state index in [2.05, 4.69) is 188 Å². The first-order valence-corrected chi connectivity index (χ1v) is 19.0. The Hall–Kier alpha value is -6.42. The number of para-hydroxylation sites is 2.